The second kappa shape index (κ2) is 2.14. The van der Waals surface area contributed by atoms with E-state index in [4.69, 9.17) is 5.53 Å². The molecule has 0 bridgehead atoms. The number of carbonyl (C=O) groups is 1. The summed E-state index contributed by atoms with van der Waals surface area (Å²) < 4.78 is 0. The van der Waals surface area contributed by atoms with E-state index >= 15 is 0 Å². The molecule has 0 N–H and O–H groups in total. The lowest BCUT2D eigenvalue weighted by molar-refractivity contribution is -0.117. The van der Waals surface area contributed by atoms with Gasteiger partial charge in [0.25, 0.3) is 0 Å². The minimum absolute atomic E-state index is 0.0353. The van der Waals surface area contributed by atoms with Crippen LogP contribution in [0.15, 0.2) is 12.2 Å². The molecule has 0 radical (unpaired) electrons. The van der Waals surface area contributed by atoms with E-state index in [2.05, 4.69) is 16.9 Å². The predicted molar refractivity (Wildman–Crippen MR) is 38.9 cm³/mol. The molecule has 56 valence electrons. The van der Waals surface area contributed by atoms with Crippen LogP contribution in [0.3, 0.4) is 0 Å². The highest BCUT2D eigenvalue weighted by atomic mass is 16.1. The Labute approximate surface area is 64.3 Å². The van der Waals surface area contributed by atoms with E-state index in [1.165, 1.54) is 0 Å². The summed E-state index contributed by atoms with van der Waals surface area (Å²) in [7, 11) is 0. The Hall–Kier alpha value is -1.21. The van der Waals surface area contributed by atoms with Crippen LogP contribution in [0.2, 0.25) is 0 Å². The van der Waals surface area contributed by atoms with E-state index in [0.29, 0.717) is 11.8 Å². The van der Waals surface area contributed by atoms with Crippen molar-refractivity contribution in [1.29, 1.82) is 0 Å². The molecule has 0 spiro atoms. The first-order valence-electron chi connectivity index (χ1n) is 3.72. The molecule has 11 heavy (non-hydrogen) atoms. The summed E-state index contributed by atoms with van der Waals surface area (Å²) >= 11 is 0. The fraction of sp³-hybridized carbons (Fsp3) is 0.500. The van der Waals surface area contributed by atoms with Crippen LogP contribution in [0.25, 0.3) is 5.53 Å². The van der Waals surface area contributed by atoms with E-state index in [9.17, 15) is 4.79 Å². The van der Waals surface area contributed by atoms with Gasteiger partial charge >= 0.3 is 6.21 Å². The lowest BCUT2D eigenvalue weighted by Crippen LogP contribution is -2.05. The van der Waals surface area contributed by atoms with Gasteiger partial charge in [0.1, 0.15) is 0 Å². The van der Waals surface area contributed by atoms with Gasteiger partial charge < -0.3 is 5.53 Å². The van der Waals surface area contributed by atoms with Crippen molar-refractivity contribution in [2.45, 2.75) is 6.42 Å². The number of allylic oxidation sites excluding steroid dienone is 2. The lowest BCUT2D eigenvalue weighted by atomic mass is 10.1. The van der Waals surface area contributed by atoms with Gasteiger partial charge in [-0.25, -0.2) is 0 Å². The van der Waals surface area contributed by atoms with Crippen LogP contribution >= 0.6 is 0 Å². The van der Waals surface area contributed by atoms with Crippen molar-refractivity contribution >= 4 is 12.0 Å². The zero-order valence-corrected chi connectivity index (χ0v) is 5.97. The number of hydrogen-bond donors (Lipinski definition) is 0. The molecule has 0 aromatic rings. The van der Waals surface area contributed by atoms with Crippen LogP contribution in [0.1, 0.15) is 6.42 Å². The summed E-state index contributed by atoms with van der Waals surface area (Å²) in [6.07, 6.45) is 6.21. The normalized spacial score (nSPS) is 37.6. The third kappa shape index (κ3) is 0.854. The Morgan fingerprint density at radius 2 is 2.55 bits per heavy atom. The van der Waals surface area contributed by atoms with E-state index in [-0.39, 0.29) is 11.7 Å². The smallest absolute Gasteiger partial charge is 0.323 e. The summed E-state index contributed by atoms with van der Waals surface area (Å²) in [5.41, 5.74) is 8.11. The van der Waals surface area contributed by atoms with E-state index < -0.39 is 0 Å². The van der Waals surface area contributed by atoms with Crippen LogP contribution in [-0.2, 0) is 4.79 Å². The molecule has 2 aliphatic rings. The van der Waals surface area contributed by atoms with Crippen molar-refractivity contribution < 1.29 is 9.58 Å². The van der Waals surface area contributed by atoms with Crippen LogP contribution in [0.4, 0.5) is 0 Å². The average Bonchev–Trinajstić information content (AvgIpc) is 2.47. The Balaban J connectivity index is 2.06. The summed E-state index contributed by atoms with van der Waals surface area (Å²) in [6.45, 7) is 0. The first kappa shape index (κ1) is 6.50. The highest BCUT2D eigenvalue weighted by Gasteiger charge is 2.54. The molecule has 3 atom stereocenters. The fourth-order valence-corrected chi connectivity index (χ4v) is 1.90. The van der Waals surface area contributed by atoms with Crippen molar-refractivity contribution in [1.82, 2.24) is 0 Å². The van der Waals surface area contributed by atoms with Gasteiger partial charge in [-0.2, -0.15) is 4.79 Å². The number of carbonyl (C=O) groups excluding carboxylic acids is 1. The maximum atomic E-state index is 11.1. The minimum Gasteiger partial charge on any atom is -0.361 e. The third-order valence-electron chi connectivity index (χ3n) is 2.51. The van der Waals surface area contributed by atoms with Crippen molar-refractivity contribution in [3.8, 4) is 0 Å². The van der Waals surface area contributed by atoms with Crippen LogP contribution < -0.4 is 0 Å². The van der Waals surface area contributed by atoms with Crippen LogP contribution in [0.5, 0.6) is 0 Å². The predicted octanol–water partition coefficient (Wildman–Crippen LogP) is 0.678. The van der Waals surface area contributed by atoms with E-state index in [1.807, 2.05) is 0 Å². The van der Waals surface area contributed by atoms with Crippen molar-refractivity contribution in [2.75, 3.05) is 0 Å². The van der Waals surface area contributed by atoms with Gasteiger partial charge in [0.05, 0.1) is 0 Å². The standard InChI is InChI=1S/C8H8N2O/c9-10-4-7(11)8-5-2-1-3-6(5)8/h1-2,4-6,8H,3H2/t5-,6+,8-/m0/s1. The topological polar surface area (TPSA) is 53.5 Å². The number of ketones is 1. The molecule has 1 saturated carbocycles. The van der Waals surface area contributed by atoms with Gasteiger partial charge in [0.2, 0.25) is 5.78 Å². The summed E-state index contributed by atoms with van der Waals surface area (Å²) in [6, 6.07) is 0. The monoisotopic (exact) mass is 148 g/mol. The molecular weight excluding hydrogens is 140 g/mol. The van der Waals surface area contributed by atoms with Gasteiger partial charge in [-0.1, -0.05) is 12.2 Å². The number of hydrogen-bond acceptors (Lipinski definition) is 1. The number of Topliss-reactive ketones (excluding diaryl/α,β-unsaturated/α-hetero) is 1. The Morgan fingerprint density at radius 3 is 3.09 bits per heavy atom. The molecule has 0 aliphatic heterocycles. The van der Waals surface area contributed by atoms with Crippen molar-refractivity contribution in [3.63, 3.8) is 0 Å². The molecule has 3 heteroatoms. The molecule has 0 aromatic carbocycles. The Morgan fingerprint density at radius 1 is 1.73 bits per heavy atom. The Bertz CT molecular complexity index is 276. The first-order valence-corrected chi connectivity index (χ1v) is 3.72. The van der Waals surface area contributed by atoms with Gasteiger partial charge in [0.15, 0.2) is 0 Å². The molecule has 0 unspecified atom stereocenters. The van der Waals surface area contributed by atoms with Crippen LogP contribution in [0, 0.1) is 17.8 Å². The highest BCUT2D eigenvalue weighted by Crippen LogP contribution is 2.53. The highest BCUT2D eigenvalue weighted by molar-refractivity contribution is 6.27. The van der Waals surface area contributed by atoms with Crippen molar-refractivity contribution in [3.05, 3.63) is 17.7 Å². The maximum Gasteiger partial charge on any atom is 0.323 e. The zero-order valence-electron chi connectivity index (χ0n) is 5.97. The number of rotatable bonds is 2. The minimum atomic E-state index is -0.0353. The largest absolute Gasteiger partial charge is 0.361 e. The molecule has 0 aromatic heterocycles. The fourth-order valence-electron chi connectivity index (χ4n) is 1.90. The van der Waals surface area contributed by atoms with E-state index in [1.54, 1.807) is 0 Å². The second-order valence-corrected chi connectivity index (χ2v) is 3.08. The summed E-state index contributed by atoms with van der Waals surface area (Å²) in [5.74, 6) is 1.05. The number of fused-ring (bicyclic) bond motifs is 1. The quantitative estimate of drug-likeness (QED) is 0.246. The zero-order chi connectivity index (χ0) is 7.84. The molecule has 2 rings (SSSR count). The molecule has 0 amide bonds. The van der Waals surface area contributed by atoms with Gasteiger partial charge in [-0.05, 0) is 18.3 Å². The molecule has 2 aliphatic carbocycles. The molecule has 0 saturated heterocycles. The van der Waals surface area contributed by atoms with Crippen molar-refractivity contribution in [2.24, 2.45) is 17.8 Å². The van der Waals surface area contributed by atoms with E-state index in [0.717, 1.165) is 12.6 Å². The molecule has 1 fully saturated rings. The molecule has 3 nitrogen and oxygen atoms in total. The van der Waals surface area contributed by atoms with Gasteiger partial charge in [-0.3, -0.25) is 4.79 Å². The molecule has 0 heterocycles. The summed E-state index contributed by atoms with van der Waals surface area (Å²) in [4.78, 5) is 13.8. The van der Waals surface area contributed by atoms with Gasteiger partial charge in [0, 0.05) is 5.92 Å². The van der Waals surface area contributed by atoms with Gasteiger partial charge in [-0.15, -0.1) is 0 Å². The average molecular weight is 148 g/mol. The summed E-state index contributed by atoms with van der Waals surface area (Å²) in [5, 5.41) is 0. The van der Waals surface area contributed by atoms with Crippen LogP contribution in [-0.4, -0.2) is 16.8 Å². The molecular formula is C8H8N2O. The maximum absolute atomic E-state index is 11.1. The first-order chi connectivity index (χ1) is 5.34. The second-order valence-electron chi connectivity index (χ2n) is 3.08. The lowest BCUT2D eigenvalue weighted by Gasteiger charge is -1.87. The number of nitrogens with zero attached hydrogens (tertiary/aromatic N) is 2. The SMILES string of the molecule is [N-]=[N+]=CC(=O)[C@H]1[C@H]2C=CC[C@H]21. The Kier molecular flexibility index (Phi) is 1.26. The third-order valence-corrected chi connectivity index (χ3v) is 2.51.